The fraction of sp³-hybridized carbons (Fsp3) is 0.231. The fourth-order valence-corrected chi connectivity index (χ4v) is 6.98. The van der Waals surface area contributed by atoms with Crippen molar-refractivity contribution in [3.8, 4) is 0 Å². The van der Waals surface area contributed by atoms with Gasteiger partial charge < -0.3 is 9.80 Å². The molecule has 0 radical (unpaired) electrons. The Morgan fingerprint density at radius 2 is 1.54 bits per heavy atom. The first-order valence-corrected chi connectivity index (χ1v) is 15.1. The summed E-state index contributed by atoms with van der Waals surface area (Å²) in [6.07, 6.45) is 24.2. The van der Waals surface area contributed by atoms with Crippen LogP contribution in [0.4, 0.5) is 17.1 Å². The van der Waals surface area contributed by atoms with Crippen molar-refractivity contribution in [1.82, 2.24) is 0 Å². The van der Waals surface area contributed by atoms with Crippen LogP contribution >= 0.6 is 0 Å². The smallest absolute Gasteiger partial charge is 0.0563 e. The van der Waals surface area contributed by atoms with Crippen LogP contribution in [-0.4, -0.2) is 6.04 Å². The Morgan fingerprint density at radius 3 is 2.24 bits per heavy atom. The summed E-state index contributed by atoms with van der Waals surface area (Å²) in [6.45, 7) is 4.82. The van der Waals surface area contributed by atoms with E-state index in [0.717, 1.165) is 32.1 Å². The summed E-state index contributed by atoms with van der Waals surface area (Å²) in [5, 5.41) is 0. The van der Waals surface area contributed by atoms with Crippen LogP contribution in [0.15, 0.2) is 144 Å². The zero-order valence-corrected chi connectivity index (χ0v) is 24.1. The average molecular weight is 535 g/mol. The Balaban J connectivity index is 1.29. The van der Waals surface area contributed by atoms with E-state index in [2.05, 4.69) is 151 Å². The Morgan fingerprint density at radius 1 is 0.756 bits per heavy atom. The van der Waals surface area contributed by atoms with E-state index < -0.39 is 0 Å². The molecular formula is C39H38N2. The van der Waals surface area contributed by atoms with Crippen molar-refractivity contribution in [3.63, 3.8) is 0 Å². The number of allylic oxidation sites excluding steroid dienone is 9. The van der Waals surface area contributed by atoms with Crippen molar-refractivity contribution in [3.05, 3.63) is 156 Å². The predicted molar refractivity (Wildman–Crippen MR) is 174 cm³/mol. The molecule has 3 aromatic carbocycles. The topological polar surface area (TPSA) is 6.48 Å². The molecule has 0 spiro atoms. The van der Waals surface area contributed by atoms with Crippen LogP contribution in [0.3, 0.4) is 0 Å². The molecule has 2 heteroatoms. The van der Waals surface area contributed by atoms with E-state index in [1.54, 1.807) is 0 Å². The van der Waals surface area contributed by atoms with Crippen LogP contribution in [0.1, 0.15) is 57.1 Å². The number of hydrogen-bond acceptors (Lipinski definition) is 2. The van der Waals surface area contributed by atoms with Crippen LogP contribution in [0.2, 0.25) is 0 Å². The predicted octanol–water partition coefficient (Wildman–Crippen LogP) is 10.2. The van der Waals surface area contributed by atoms with Crippen molar-refractivity contribution >= 4 is 22.6 Å². The number of para-hydroxylation sites is 2. The summed E-state index contributed by atoms with van der Waals surface area (Å²) in [5.41, 5.74) is 12.0. The van der Waals surface area contributed by atoms with Gasteiger partial charge in [-0.05, 0) is 103 Å². The molecule has 0 amide bonds. The van der Waals surface area contributed by atoms with E-state index in [-0.39, 0.29) is 11.5 Å². The van der Waals surface area contributed by atoms with Gasteiger partial charge in [-0.3, -0.25) is 0 Å². The lowest BCUT2D eigenvalue weighted by atomic mass is 9.79. The molecule has 2 nitrogen and oxygen atoms in total. The largest absolute Gasteiger partial charge is 0.335 e. The maximum atomic E-state index is 2.56. The first-order chi connectivity index (χ1) is 20.1. The normalized spacial score (nSPS) is 20.3. The molecule has 0 saturated heterocycles. The van der Waals surface area contributed by atoms with Gasteiger partial charge >= 0.3 is 0 Å². The van der Waals surface area contributed by atoms with Crippen LogP contribution in [-0.2, 0) is 5.41 Å². The molecule has 0 aliphatic heterocycles. The van der Waals surface area contributed by atoms with E-state index in [4.69, 9.17) is 0 Å². The van der Waals surface area contributed by atoms with Gasteiger partial charge in [0.2, 0.25) is 0 Å². The molecule has 204 valence electrons. The highest BCUT2D eigenvalue weighted by atomic mass is 15.2. The molecule has 0 fully saturated rings. The van der Waals surface area contributed by atoms with Gasteiger partial charge in [-0.25, -0.2) is 0 Å². The second-order valence-corrected chi connectivity index (χ2v) is 12.0. The van der Waals surface area contributed by atoms with Crippen molar-refractivity contribution < 1.29 is 0 Å². The van der Waals surface area contributed by atoms with E-state index >= 15 is 0 Å². The molecule has 0 heterocycles. The van der Waals surface area contributed by atoms with Crippen molar-refractivity contribution in [2.45, 2.75) is 57.4 Å². The second-order valence-electron chi connectivity index (χ2n) is 12.0. The van der Waals surface area contributed by atoms with E-state index in [9.17, 15) is 0 Å². The number of anilines is 3. The van der Waals surface area contributed by atoms with Crippen LogP contribution in [0, 0.1) is 0 Å². The Hall–Kier alpha value is -4.30. The average Bonchev–Trinajstić information content (AvgIpc) is 3.25. The quantitative estimate of drug-likeness (QED) is 0.310. The van der Waals surface area contributed by atoms with Gasteiger partial charge in [0.25, 0.3) is 0 Å². The lowest BCUT2D eigenvalue weighted by Gasteiger charge is -2.37. The highest BCUT2D eigenvalue weighted by molar-refractivity contribution is 5.92. The molecule has 0 aromatic heterocycles. The number of rotatable bonds is 6. The summed E-state index contributed by atoms with van der Waals surface area (Å²) in [5.74, 6) is 0. The third kappa shape index (κ3) is 4.62. The minimum atomic E-state index is -0.0851. The van der Waals surface area contributed by atoms with Crippen LogP contribution < -0.4 is 9.80 Å². The fourth-order valence-electron chi connectivity index (χ4n) is 6.98. The second kappa shape index (κ2) is 10.6. The van der Waals surface area contributed by atoms with Gasteiger partial charge in [0.1, 0.15) is 0 Å². The van der Waals surface area contributed by atoms with E-state index in [1.807, 2.05) is 0 Å². The summed E-state index contributed by atoms with van der Waals surface area (Å²) in [6, 6.07) is 29.1. The first kappa shape index (κ1) is 25.7. The monoisotopic (exact) mass is 534 g/mol. The van der Waals surface area contributed by atoms with Gasteiger partial charge in [0.15, 0.2) is 0 Å². The lowest BCUT2D eigenvalue weighted by molar-refractivity contribution is 0.642. The minimum Gasteiger partial charge on any atom is -0.335 e. The highest BCUT2D eigenvalue weighted by Crippen LogP contribution is 2.53. The summed E-state index contributed by atoms with van der Waals surface area (Å²) >= 11 is 0. The molecule has 1 unspecified atom stereocenters. The van der Waals surface area contributed by atoms with Crippen LogP contribution in [0.25, 0.3) is 5.57 Å². The molecule has 41 heavy (non-hydrogen) atoms. The van der Waals surface area contributed by atoms with Gasteiger partial charge in [0.05, 0.1) is 6.04 Å². The zero-order valence-electron chi connectivity index (χ0n) is 24.1. The maximum Gasteiger partial charge on any atom is 0.0563 e. The summed E-state index contributed by atoms with van der Waals surface area (Å²) in [4.78, 5) is 4.99. The molecule has 7 rings (SSSR count). The maximum absolute atomic E-state index is 2.56. The Kier molecular flexibility index (Phi) is 6.63. The first-order valence-electron chi connectivity index (χ1n) is 15.1. The number of hydrogen-bond donors (Lipinski definition) is 0. The number of nitrogens with zero attached hydrogens (tertiary/aromatic N) is 2. The zero-order chi connectivity index (χ0) is 27.8. The molecule has 3 aromatic rings. The van der Waals surface area contributed by atoms with Crippen molar-refractivity contribution in [2.24, 2.45) is 0 Å². The third-order valence-corrected chi connectivity index (χ3v) is 9.02. The molecule has 1 atom stereocenters. The van der Waals surface area contributed by atoms with Crippen molar-refractivity contribution in [1.29, 1.82) is 0 Å². The lowest BCUT2D eigenvalue weighted by Crippen LogP contribution is -2.35. The standard InChI is InChI=1S/C39H38N2/c1-39(2)37-27-33(40(29-15-7-3-8-16-29)30-17-9-4-10-18-30)23-25-35(37)36-26-24-34(28-38(36)39)41(31-19-11-5-12-20-31)32-21-13-6-14-22-32/h3-5,7-9,11-13,15-17,19-23,25-28,34H,6,10,14,18,24H2,1-2H3. The number of fused-ring (bicyclic) bond motifs is 3. The van der Waals surface area contributed by atoms with Crippen molar-refractivity contribution in [2.75, 3.05) is 9.80 Å². The number of benzene rings is 3. The third-order valence-electron chi connectivity index (χ3n) is 9.02. The molecular weight excluding hydrogens is 496 g/mol. The van der Waals surface area contributed by atoms with Gasteiger partial charge in [-0.15, -0.1) is 0 Å². The van der Waals surface area contributed by atoms with Gasteiger partial charge in [0, 0.05) is 33.9 Å². The van der Waals surface area contributed by atoms with Gasteiger partial charge in [-0.2, -0.15) is 0 Å². The molecule has 0 saturated carbocycles. The summed E-state index contributed by atoms with van der Waals surface area (Å²) < 4.78 is 0. The van der Waals surface area contributed by atoms with Gasteiger partial charge in [-0.1, -0.05) is 92.8 Å². The Labute approximate surface area is 245 Å². The van der Waals surface area contributed by atoms with Crippen LogP contribution in [0.5, 0.6) is 0 Å². The molecule has 4 aliphatic carbocycles. The minimum absolute atomic E-state index is 0.0851. The molecule has 0 bridgehead atoms. The molecule has 0 N–H and O–H groups in total. The van der Waals surface area contributed by atoms with E-state index in [0.29, 0.717) is 0 Å². The summed E-state index contributed by atoms with van der Waals surface area (Å²) in [7, 11) is 0. The SMILES string of the molecule is CC1(C)C2=CC(N(C3=CCCC=C3)c3ccccc3)CC=C2c2ccc(N(C3=CC=CCC3)c3ccccc3)cc21. The Bertz CT molecular complexity index is 1630. The van der Waals surface area contributed by atoms with E-state index in [1.165, 1.54) is 50.7 Å². The highest BCUT2D eigenvalue weighted by Gasteiger charge is 2.41. The molecule has 4 aliphatic rings.